The van der Waals surface area contributed by atoms with Crippen LogP contribution in [0.15, 0.2) is 36.5 Å². The molecular formula is C26H40N2O4. The van der Waals surface area contributed by atoms with E-state index in [1.165, 1.54) is 12.0 Å². The van der Waals surface area contributed by atoms with Crippen LogP contribution in [0.5, 0.6) is 0 Å². The van der Waals surface area contributed by atoms with Crippen LogP contribution in [0, 0.1) is 34.5 Å². The van der Waals surface area contributed by atoms with Crippen LogP contribution in [-0.2, 0) is 14.3 Å². The first-order valence-corrected chi connectivity index (χ1v) is 11.8. The normalized spacial score (nSPS) is 41.0. The van der Waals surface area contributed by atoms with Gasteiger partial charge in [0.25, 0.3) is 0 Å². The Labute approximate surface area is 192 Å². The second-order valence-electron chi connectivity index (χ2n) is 10.1. The van der Waals surface area contributed by atoms with Crippen molar-refractivity contribution in [3.63, 3.8) is 0 Å². The molecule has 2 bridgehead atoms. The molecule has 1 amide bonds. The molecule has 5 fully saturated rings. The number of aliphatic hydroxyl groups excluding tert-OH is 1. The maximum absolute atomic E-state index is 11.4. The summed E-state index contributed by atoms with van der Waals surface area (Å²) in [5.74, 6) is 2.16. The van der Waals surface area contributed by atoms with E-state index in [1.807, 2.05) is 26.1 Å². The smallest absolute Gasteiger partial charge is 0.207 e. The summed E-state index contributed by atoms with van der Waals surface area (Å²) in [6.45, 7) is 8.03. The first kappa shape index (κ1) is 24.9. The van der Waals surface area contributed by atoms with Crippen LogP contribution in [0.3, 0.4) is 0 Å². The topological polar surface area (TPSA) is 78.9 Å². The molecule has 5 rings (SSSR count). The van der Waals surface area contributed by atoms with Gasteiger partial charge in [0.2, 0.25) is 6.41 Å². The van der Waals surface area contributed by atoms with E-state index in [9.17, 15) is 14.7 Å². The summed E-state index contributed by atoms with van der Waals surface area (Å²) in [7, 11) is 5.28. The number of allylic oxidation sites excluding steroid dienone is 5. The van der Waals surface area contributed by atoms with Gasteiger partial charge in [0.15, 0.2) is 0 Å². The molecule has 0 aromatic rings. The van der Waals surface area contributed by atoms with E-state index >= 15 is 0 Å². The summed E-state index contributed by atoms with van der Waals surface area (Å²) in [5.41, 5.74) is 1.62. The first-order chi connectivity index (χ1) is 15.4. The number of nitrogens with one attached hydrogen (secondary N) is 1. The van der Waals surface area contributed by atoms with E-state index in [0.29, 0.717) is 41.5 Å². The quantitative estimate of drug-likeness (QED) is 0.466. The van der Waals surface area contributed by atoms with E-state index in [4.69, 9.17) is 0 Å². The Morgan fingerprint density at radius 2 is 1.91 bits per heavy atom. The molecule has 178 valence electrons. The molecule has 6 heteroatoms. The fourth-order valence-electron chi connectivity index (χ4n) is 7.82. The largest absolute Gasteiger partial charge is 0.393 e. The highest BCUT2D eigenvalue weighted by Gasteiger charge is 2.85. The third-order valence-electron chi connectivity index (χ3n) is 8.79. The first-order valence-electron chi connectivity index (χ1n) is 11.8. The Balaban J connectivity index is 0.000000220. The van der Waals surface area contributed by atoms with Gasteiger partial charge in [-0.15, -0.1) is 0 Å². The van der Waals surface area contributed by atoms with Crippen LogP contribution in [0.4, 0.5) is 0 Å². The van der Waals surface area contributed by atoms with Gasteiger partial charge in [0.1, 0.15) is 6.29 Å². The monoisotopic (exact) mass is 444 g/mol. The van der Waals surface area contributed by atoms with Crippen LogP contribution in [0.2, 0.25) is 0 Å². The molecule has 5 aliphatic rings. The van der Waals surface area contributed by atoms with Crippen molar-refractivity contribution in [3.8, 4) is 0 Å². The maximum atomic E-state index is 11.4. The van der Waals surface area contributed by atoms with Crippen LogP contribution < -0.4 is 5.32 Å². The second kappa shape index (κ2) is 10.0. The standard InChI is InChI=1S/C19H24O2.C5H10N2O.C2H6O/c1-3-5-6-13(4-2)18(7-8-20)15-9-12-11-19(15)14(17(12)21)10-16(18)19;1-7-2-5(3-7)6-4-8;1-3-2/h3-6,8,12,14-17,21H,2,7,9-11H2,1H3;4-5H,2-3H2,1H3,(H,6,8);1-2H3/b5-3-,13-6+;;. The van der Waals surface area contributed by atoms with Crippen molar-refractivity contribution < 1.29 is 19.4 Å². The molecule has 4 saturated carbocycles. The van der Waals surface area contributed by atoms with Crippen LogP contribution in [0.25, 0.3) is 0 Å². The van der Waals surface area contributed by atoms with Crippen molar-refractivity contribution in [2.24, 2.45) is 34.5 Å². The van der Waals surface area contributed by atoms with Crippen molar-refractivity contribution in [2.45, 2.75) is 44.8 Å². The van der Waals surface area contributed by atoms with E-state index in [-0.39, 0.29) is 11.5 Å². The fraction of sp³-hybridized carbons (Fsp3) is 0.692. The van der Waals surface area contributed by atoms with Crippen molar-refractivity contribution in [1.29, 1.82) is 0 Å². The number of nitrogens with zero attached hydrogens (tertiary/aromatic N) is 1. The number of hydrogen-bond donors (Lipinski definition) is 2. The zero-order valence-electron chi connectivity index (χ0n) is 20.0. The maximum Gasteiger partial charge on any atom is 0.207 e. The lowest BCUT2D eigenvalue weighted by molar-refractivity contribution is -0.288. The molecule has 0 radical (unpaired) electrons. The molecule has 6 nitrogen and oxygen atoms in total. The van der Waals surface area contributed by atoms with Gasteiger partial charge in [-0.3, -0.25) is 4.79 Å². The van der Waals surface area contributed by atoms with E-state index in [2.05, 4.69) is 33.7 Å². The minimum Gasteiger partial charge on any atom is -0.393 e. The fourth-order valence-corrected chi connectivity index (χ4v) is 7.82. The summed E-state index contributed by atoms with van der Waals surface area (Å²) in [6, 6.07) is 0.414. The third-order valence-corrected chi connectivity index (χ3v) is 8.79. The minimum atomic E-state index is -0.0709. The summed E-state index contributed by atoms with van der Waals surface area (Å²) in [6.07, 6.45) is 14.0. The highest BCUT2D eigenvalue weighted by atomic mass is 16.4. The van der Waals surface area contributed by atoms with Crippen molar-refractivity contribution >= 4 is 12.7 Å². The number of carbonyl (C=O) groups is 2. The van der Waals surface area contributed by atoms with Crippen molar-refractivity contribution in [1.82, 2.24) is 10.2 Å². The molecule has 2 N–H and O–H groups in total. The molecule has 32 heavy (non-hydrogen) atoms. The van der Waals surface area contributed by atoms with Crippen LogP contribution >= 0.6 is 0 Å². The molecular weight excluding hydrogens is 404 g/mol. The Bertz CT molecular complexity index is 759. The predicted octanol–water partition coefficient (Wildman–Crippen LogP) is 2.60. The van der Waals surface area contributed by atoms with E-state index < -0.39 is 0 Å². The summed E-state index contributed by atoms with van der Waals surface area (Å²) in [4.78, 5) is 23.3. The van der Waals surface area contributed by atoms with Gasteiger partial charge >= 0.3 is 0 Å². The number of aliphatic hydroxyl groups is 1. The summed E-state index contributed by atoms with van der Waals surface area (Å²) < 4.78 is 4.25. The highest BCUT2D eigenvalue weighted by Crippen LogP contribution is 2.88. The van der Waals surface area contributed by atoms with Gasteiger partial charge in [-0.25, -0.2) is 0 Å². The van der Waals surface area contributed by atoms with Gasteiger partial charge < -0.3 is 24.9 Å². The Hall–Kier alpha value is -1.76. The number of hydrogen-bond acceptors (Lipinski definition) is 5. The number of amides is 1. The number of ether oxygens (including phenoxy) is 1. The van der Waals surface area contributed by atoms with Crippen molar-refractivity contribution in [2.75, 3.05) is 34.4 Å². The Kier molecular flexibility index (Phi) is 7.79. The number of fused-ring (bicyclic) bond motifs is 1. The molecule has 0 aromatic heterocycles. The van der Waals surface area contributed by atoms with Gasteiger partial charge in [0, 0.05) is 39.1 Å². The van der Waals surface area contributed by atoms with E-state index in [1.54, 1.807) is 14.2 Å². The highest BCUT2D eigenvalue weighted by molar-refractivity contribution is 5.57. The van der Waals surface area contributed by atoms with Gasteiger partial charge in [-0.05, 0) is 67.9 Å². The van der Waals surface area contributed by atoms with Crippen LogP contribution in [-0.4, -0.2) is 69.2 Å². The zero-order chi connectivity index (χ0) is 23.5. The molecule has 7 atom stereocenters. The average Bonchev–Trinajstić information content (AvgIpc) is 3.24. The molecule has 1 saturated heterocycles. The van der Waals surface area contributed by atoms with Crippen molar-refractivity contribution in [3.05, 3.63) is 36.5 Å². The average molecular weight is 445 g/mol. The van der Waals surface area contributed by atoms with Gasteiger partial charge in [-0.1, -0.05) is 30.9 Å². The number of likely N-dealkylation sites (tertiary alicyclic amines) is 1. The number of rotatable bonds is 7. The minimum absolute atomic E-state index is 0.00833. The zero-order valence-corrected chi connectivity index (χ0v) is 20.0. The molecule has 7 unspecified atom stereocenters. The molecule has 4 aliphatic carbocycles. The molecule has 1 spiro atoms. The second-order valence-corrected chi connectivity index (χ2v) is 10.1. The number of likely N-dealkylation sites (N-methyl/N-ethyl adjacent to an activating group) is 1. The summed E-state index contributed by atoms with van der Waals surface area (Å²) in [5, 5.41) is 13.1. The number of carbonyl (C=O) groups excluding carboxylic acids is 2. The third kappa shape index (κ3) is 3.61. The van der Waals surface area contributed by atoms with Gasteiger partial charge in [-0.2, -0.15) is 0 Å². The lowest BCUT2D eigenvalue weighted by atomic mass is 9.26. The van der Waals surface area contributed by atoms with Crippen LogP contribution in [0.1, 0.15) is 32.6 Å². The molecule has 1 aliphatic heterocycles. The van der Waals surface area contributed by atoms with Gasteiger partial charge in [0.05, 0.1) is 12.1 Å². The predicted molar refractivity (Wildman–Crippen MR) is 126 cm³/mol. The van der Waals surface area contributed by atoms with E-state index in [0.717, 1.165) is 38.6 Å². The molecule has 0 aromatic carbocycles. The lowest BCUT2D eigenvalue weighted by Crippen LogP contribution is -2.74. The molecule has 1 heterocycles. The number of methoxy groups -OCH3 is 1. The summed E-state index contributed by atoms with van der Waals surface area (Å²) >= 11 is 0. The Morgan fingerprint density at radius 1 is 1.25 bits per heavy atom. The SMILES string of the molecule is C=C/C(=C\C=C/C)C1(CC=O)C2CC3CC24C(CC14)C3O.CN1CC(NC=O)C1.COC. The lowest BCUT2D eigenvalue weighted by Gasteiger charge is -2.77. The Morgan fingerprint density at radius 3 is 2.41 bits per heavy atom. The number of aldehydes is 1.